The van der Waals surface area contributed by atoms with E-state index in [0.717, 1.165) is 28.9 Å². The van der Waals surface area contributed by atoms with E-state index in [0.29, 0.717) is 13.2 Å². The minimum atomic E-state index is -0.233. The molecule has 2 aromatic carbocycles. The van der Waals surface area contributed by atoms with Gasteiger partial charge in [-0.3, -0.25) is 9.59 Å². The van der Waals surface area contributed by atoms with Crippen LogP contribution >= 0.6 is 11.3 Å². The van der Waals surface area contributed by atoms with Crippen LogP contribution in [0.4, 0.5) is 0 Å². The highest BCUT2D eigenvalue weighted by atomic mass is 32.1. The molecule has 35 heavy (non-hydrogen) atoms. The summed E-state index contributed by atoms with van der Waals surface area (Å²) in [6.45, 7) is 4.87. The Balaban J connectivity index is 1.46. The predicted molar refractivity (Wildman–Crippen MR) is 137 cm³/mol. The molecule has 0 aliphatic carbocycles. The lowest BCUT2D eigenvalue weighted by atomic mass is 9.93. The summed E-state index contributed by atoms with van der Waals surface area (Å²) in [4.78, 5) is 31.1. The Kier molecular flexibility index (Phi) is 8.34. The summed E-state index contributed by atoms with van der Waals surface area (Å²) >= 11 is 1.72. The number of carbonyl (C=O) groups excluding carboxylic acids is 2. The van der Waals surface area contributed by atoms with Crippen LogP contribution in [0.3, 0.4) is 0 Å². The molecule has 0 N–H and O–H groups in total. The molecule has 0 saturated carbocycles. The average Bonchev–Trinajstić information content (AvgIpc) is 3.37. The molecule has 0 radical (unpaired) electrons. The molecule has 3 aromatic rings. The number of hydrogen-bond donors (Lipinski definition) is 0. The Morgan fingerprint density at radius 3 is 2.63 bits per heavy atom. The van der Waals surface area contributed by atoms with Gasteiger partial charge in [0, 0.05) is 18.0 Å². The van der Waals surface area contributed by atoms with Gasteiger partial charge in [0.15, 0.2) is 0 Å². The van der Waals surface area contributed by atoms with E-state index in [-0.39, 0.29) is 37.6 Å². The molecular formula is C28H30N2O4S. The van der Waals surface area contributed by atoms with Gasteiger partial charge in [-0.15, -0.1) is 17.9 Å². The maximum atomic E-state index is 13.6. The summed E-state index contributed by atoms with van der Waals surface area (Å²) in [5, 5.41) is 2.08. The molecule has 1 unspecified atom stereocenters. The second kappa shape index (κ2) is 11.8. The van der Waals surface area contributed by atoms with Crippen molar-refractivity contribution in [2.45, 2.75) is 19.1 Å². The Morgan fingerprint density at radius 1 is 1.14 bits per heavy atom. The SMILES string of the molecule is C=CCN(CC(=O)N1CCc2sccc2C1c1ccc(OC)cc1)C(=O)COCc1ccccc1. The highest BCUT2D eigenvalue weighted by molar-refractivity contribution is 7.10. The summed E-state index contributed by atoms with van der Waals surface area (Å²) in [5.41, 5.74) is 3.16. The number of thiophene rings is 1. The summed E-state index contributed by atoms with van der Waals surface area (Å²) in [7, 11) is 1.64. The van der Waals surface area contributed by atoms with Crippen molar-refractivity contribution in [1.29, 1.82) is 0 Å². The molecule has 0 saturated heterocycles. The van der Waals surface area contributed by atoms with E-state index in [9.17, 15) is 9.59 Å². The minimum Gasteiger partial charge on any atom is -0.497 e. The van der Waals surface area contributed by atoms with Crippen molar-refractivity contribution in [1.82, 2.24) is 9.80 Å². The van der Waals surface area contributed by atoms with Gasteiger partial charge in [0.25, 0.3) is 0 Å². The van der Waals surface area contributed by atoms with E-state index in [1.807, 2.05) is 59.5 Å². The smallest absolute Gasteiger partial charge is 0.249 e. The largest absolute Gasteiger partial charge is 0.497 e. The average molecular weight is 491 g/mol. The number of ether oxygens (including phenoxy) is 2. The molecule has 2 heterocycles. The van der Waals surface area contributed by atoms with Gasteiger partial charge in [-0.1, -0.05) is 48.5 Å². The number of rotatable bonds is 10. The molecular weight excluding hydrogens is 460 g/mol. The zero-order valence-corrected chi connectivity index (χ0v) is 20.7. The molecule has 4 rings (SSSR count). The van der Waals surface area contributed by atoms with Gasteiger partial charge < -0.3 is 19.3 Å². The summed E-state index contributed by atoms with van der Waals surface area (Å²) in [6, 6.07) is 19.4. The lowest BCUT2D eigenvalue weighted by Crippen LogP contribution is -2.47. The third-order valence-corrected chi connectivity index (χ3v) is 7.08. The first-order chi connectivity index (χ1) is 17.1. The molecule has 6 nitrogen and oxygen atoms in total. The van der Waals surface area contributed by atoms with E-state index in [1.54, 1.807) is 24.5 Å². The predicted octanol–water partition coefficient (Wildman–Crippen LogP) is 4.46. The summed E-state index contributed by atoms with van der Waals surface area (Å²) < 4.78 is 10.9. The standard InChI is InChI=1S/C28H30N2O4S/c1-3-15-29(27(32)20-34-19-21-7-5-4-6-8-21)18-26(31)30-16-13-25-24(14-17-35-25)28(30)22-9-11-23(33-2)12-10-22/h3-12,14,17,28H,1,13,15-16,18-20H2,2H3. The second-order valence-electron chi connectivity index (χ2n) is 8.35. The Labute approximate surface area is 210 Å². The Morgan fingerprint density at radius 2 is 1.91 bits per heavy atom. The van der Waals surface area contributed by atoms with Crippen molar-refractivity contribution in [2.24, 2.45) is 0 Å². The zero-order chi connectivity index (χ0) is 24.6. The van der Waals surface area contributed by atoms with Crippen LogP contribution in [0.2, 0.25) is 0 Å². The number of nitrogens with zero attached hydrogens (tertiary/aromatic N) is 2. The number of amides is 2. The van der Waals surface area contributed by atoms with Crippen molar-refractivity contribution in [3.05, 3.63) is 100 Å². The van der Waals surface area contributed by atoms with Crippen molar-refractivity contribution in [3.8, 4) is 5.75 Å². The number of hydrogen-bond acceptors (Lipinski definition) is 5. The molecule has 182 valence electrons. The molecule has 0 fully saturated rings. The number of benzene rings is 2. The summed E-state index contributed by atoms with van der Waals surface area (Å²) in [6.07, 6.45) is 2.44. The Hall–Kier alpha value is -3.42. The molecule has 7 heteroatoms. The van der Waals surface area contributed by atoms with E-state index in [4.69, 9.17) is 9.47 Å². The minimum absolute atomic E-state index is 0.0221. The lowest BCUT2D eigenvalue weighted by molar-refractivity contribution is -0.144. The van der Waals surface area contributed by atoms with Crippen LogP contribution in [0.1, 0.15) is 27.6 Å². The van der Waals surface area contributed by atoms with Gasteiger partial charge in [0.1, 0.15) is 18.9 Å². The highest BCUT2D eigenvalue weighted by Crippen LogP contribution is 2.38. The van der Waals surface area contributed by atoms with Crippen molar-refractivity contribution in [2.75, 3.05) is 33.4 Å². The normalized spacial score (nSPS) is 14.8. The fourth-order valence-corrected chi connectivity index (χ4v) is 5.22. The lowest BCUT2D eigenvalue weighted by Gasteiger charge is -2.37. The van der Waals surface area contributed by atoms with Crippen LogP contribution in [0.15, 0.2) is 78.7 Å². The molecule has 1 aliphatic rings. The van der Waals surface area contributed by atoms with Crippen LogP contribution in [0.25, 0.3) is 0 Å². The van der Waals surface area contributed by atoms with Crippen LogP contribution in [0.5, 0.6) is 5.75 Å². The molecule has 0 bridgehead atoms. The van der Waals surface area contributed by atoms with E-state index in [1.165, 1.54) is 9.78 Å². The van der Waals surface area contributed by atoms with E-state index < -0.39 is 0 Å². The zero-order valence-electron chi connectivity index (χ0n) is 19.9. The van der Waals surface area contributed by atoms with Crippen LogP contribution in [-0.4, -0.2) is 55.0 Å². The topological polar surface area (TPSA) is 59.1 Å². The fraction of sp³-hybridized carbons (Fsp3) is 0.286. The molecule has 1 aliphatic heterocycles. The van der Waals surface area contributed by atoms with Crippen molar-refractivity contribution < 1.29 is 19.1 Å². The van der Waals surface area contributed by atoms with Gasteiger partial charge in [-0.2, -0.15) is 0 Å². The van der Waals surface area contributed by atoms with Gasteiger partial charge >= 0.3 is 0 Å². The quantitative estimate of drug-likeness (QED) is 0.394. The monoisotopic (exact) mass is 490 g/mol. The summed E-state index contributed by atoms with van der Waals surface area (Å²) in [5.74, 6) is 0.440. The molecule has 1 atom stereocenters. The van der Waals surface area contributed by atoms with Gasteiger partial charge in [-0.05, 0) is 46.7 Å². The third kappa shape index (κ3) is 5.99. The van der Waals surface area contributed by atoms with E-state index in [2.05, 4.69) is 18.0 Å². The van der Waals surface area contributed by atoms with Crippen molar-refractivity contribution in [3.63, 3.8) is 0 Å². The molecule has 1 aromatic heterocycles. The van der Waals surface area contributed by atoms with Crippen molar-refractivity contribution >= 4 is 23.2 Å². The van der Waals surface area contributed by atoms with Gasteiger partial charge in [-0.25, -0.2) is 0 Å². The van der Waals surface area contributed by atoms with Gasteiger partial charge in [0.05, 0.1) is 19.8 Å². The fourth-order valence-electron chi connectivity index (χ4n) is 4.32. The molecule has 0 spiro atoms. The first-order valence-corrected chi connectivity index (χ1v) is 12.5. The first-order valence-electron chi connectivity index (χ1n) is 11.6. The van der Waals surface area contributed by atoms with Crippen LogP contribution in [-0.2, 0) is 27.4 Å². The number of methoxy groups -OCH3 is 1. The Bertz CT molecular complexity index is 1140. The molecule has 2 amide bonds. The highest BCUT2D eigenvalue weighted by Gasteiger charge is 2.33. The van der Waals surface area contributed by atoms with Gasteiger partial charge in [0.2, 0.25) is 11.8 Å². The van der Waals surface area contributed by atoms with Crippen LogP contribution in [0, 0.1) is 0 Å². The maximum absolute atomic E-state index is 13.6. The number of fused-ring (bicyclic) bond motifs is 1. The van der Waals surface area contributed by atoms with Crippen LogP contribution < -0.4 is 4.74 Å². The van der Waals surface area contributed by atoms with E-state index >= 15 is 0 Å². The second-order valence-corrected chi connectivity index (χ2v) is 9.35. The number of carbonyl (C=O) groups is 2. The third-order valence-electron chi connectivity index (χ3n) is 6.08. The first kappa shape index (κ1) is 24.7. The maximum Gasteiger partial charge on any atom is 0.249 e.